The summed E-state index contributed by atoms with van der Waals surface area (Å²) in [7, 11) is 0. The van der Waals surface area contributed by atoms with Gasteiger partial charge in [-0.2, -0.15) is 0 Å². The van der Waals surface area contributed by atoms with Gasteiger partial charge in [0.05, 0.1) is 10.7 Å². The van der Waals surface area contributed by atoms with Crippen LogP contribution in [0.2, 0.25) is 10.0 Å². The lowest BCUT2D eigenvalue weighted by molar-refractivity contribution is 0.0977. The topological polar surface area (TPSA) is 41.1 Å². The van der Waals surface area contributed by atoms with Gasteiger partial charge in [0.1, 0.15) is 0 Å². The van der Waals surface area contributed by atoms with Gasteiger partial charge in [0.25, 0.3) is 5.91 Å². The summed E-state index contributed by atoms with van der Waals surface area (Å²) < 4.78 is 0.815. The highest BCUT2D eigenvalue weighted by molar-refractivity contribution is 9.10. The van der Waals surface area contributed by atoms with E-state index >= 15 is 0 Å². The average molecular weight is 404 g/mol. The van der Waals surface area contributed by atoms with Gasteiger partial charge in [-0.05, 0) is 48.6 Å². The maximum Gasteiger partial charge on any atom is 0.257 e. The number of carbonyl (C=O) groups is 1. The number of thiocarbonyl (C=S) groups is 1. The molecular weight excluding hydrogens is 395 g/mol. The molecule has 0 aliphatic rings. The number of benzene rings is 2. The summed E-state index contributed by atoms with van der Waals surface area (Å²) in [6, 6.07) is 11.9. The van der Waals surface area contributed by atoms with Gasteiger partial charge in [-0.15, -0.1) is 0 Å². The Morgan fingerprint density at radius 2 is 1.90 bits per heavy atom. The summed E-state index contributed by atoms with van der Waals surface area (Å²) in [5, 5.41) is 6.53. The predicted octanol–water partition coefficient (Wildman–Crippen LogP) is 4.88. The largest absolute Gasteiger partial charge is 0.331 e. The fraction of sp³-hybridized carbons (Fsp3) is 0. The van der Waals surface area contributed by atoms with E-state index in [-0.39, 0.29) is 11.0 Å². The van der Waals surface area contributed by atoms with Crippen molar-refractivity contribution in [2.75, 3.05) is 5.32 Å². The minimum Gasteiger partial charge on any atom is -0.331 e. The Morgan fingerprint density at radius 1 is 1.14 bits per heavy atom. The number of hydrogen-bond acceptors (Lipinski definition) is 2. The summed E-state index contributed by atoms with van der Waals surface area (Å²) in [6.07, 6.45) is 0. The number of amides is 1. The van der Waals surface area contributed by atoms with Gasteiger partial charge in [-0.3, -0.25) is 10.1 Å². The van der Waals surface area contributed by atoms with E-state index < -0.39 is 0 Å². The third-order valence-corrected chi connectivity index (χ3v) is 3.74. The highest BCUT2D eigenvalue weighted by Gasteiger charge is 2.09. The van der Waals surface area contributed by atoms with Crippen molar-refractivity contribution in [3.63, 3.8) is 0 Å². The number of carbonyl (C=O) groups excluding carboxylic acids is 1. The predicted molar refractivity (Wildman–Crippen MR) is 94.3 cm³/mol. The van der Waals surface area contributed by atoms with Crippen LogP contribution in [0.3, 0.4) is 0 Å². The molecule has 7 heteroatoms. The van der Waals surface area contributed by atoms with Crippen LogP contribution in [-0.2, 0) is 0 Å². The molecule has 0 atom stereocenters. The lowest BCUT2D eigenvalue weighted by Crippen LogP contribution is -2.34. The Labute approximate surface area is 145 Å². The molecule has 0 aliphatic carbocycles. The van der Waals surface area contributed by atoms with Gasteiger partial charge in [-0.25, -0.2) is 0 Å². The number of hydrogen-bond donors (Lipinski definition) is 2. The standard InChI is InChI=1S/C14H9BrCl2N2OS/c15-9-3-1-2-8(6-9)13(20)19-14(21)18-12-5-4-10(16)7-11(12)17/h1-7H,(H2,18,19,20,21). The van der Waals surface area contributed by atoms with Crippen LogP contribution >= 0.6 is 51.3 Å². The summed E-state index contributed by atoms with van der Waals surface area (Å²) in [6.45, 7) is 0. The SMILES string of the molecule is O=C(NC(=S)Nc1ccc(Cl)cc1Cl)c1cccc(Br)c1. The van der Waals surface area contributed by atoms with E-state index in [0.29, 0.717) is 21.3 Å². The van der Waals surface area contributed by atoms with Crippen LogP contribution in [-0.4, -0.2) is 11.0 Å². The second kappa shape index (κ2) is 7.22. The first-order chi connectivity index (χ1) is 9.95. The molecule has 0 bridgehead atoms. The van der Waals surface area contributed by atoms with Gasteiger partial charge in [0.15, 0.2) is 5.11 Å². The van der Waals surface area contributed by atoms with Crippen molar-refractivity contribution in [3.05, 3.63) is 62.5 Å². The van der Waals surface area contributed by atoms with E-state index in [0.717, 1.165) is 4.47 Å². The molecule has 108 valence electrons. The molecule has 0 fully saturated rings. The fourth-order valence-electron chi connectivity index (χ4n) is 1.55. The first-order valence-corrected chi connectivity index (χ1v) is 7.74. The Kier molecular flexibility index (Phi) is 5.58. The molecule has 2 aromatic carbocycles. The lowest BCUT2D eigenvalue weighted by atomic mass is 10.2. The van der Waals surface area contributed by atoms with Crippen LogP contribution in [0.4, 0.5) is 5.69 Å². The smallest absolute Gasteiger partial charge is 0.257 e. The zero-order chi connectivity index (χ0) is 15.4. The molecule has 21 heavy (non-hydrogen) atoms. The molecule has 2 rings (SSSR count). The second-order valence-electron chi connectivity index (χ2n) is 4.04. The van der Waals surface area contributed by atoms with E-state index in [1.165, 1.54) is 0 Å². The molecule has 2 aromatic rings. The lowest BCUT2D eigenvalue weighted by Gasteiger charge is -2.11. The quantitative estimate of drug-likeness (QED) is 0.702. The summed E-state index contributed by atoms with van der Waals surface area (Å²) >= 11 is 20.2. The van der Waals surface area contributed by atoms with Crippen molar-refractivity contribution in [1.82, 2.24) is 5.32 Å². The Bertz CT molecular complexity index is 709. The maximum absolute atomic E-state index is 12.0. The number of anilines is 1. The average Bonchev–Trinajstić information content (AvgIpc) is 2.42. The zero-order valence-corrected chi connectivity index (χ0v) is 14.4. The fourth-order valence-corrected chi connectivity index (χ4v) is 2.61. The minimum atomic E-state index is -0.307. The van der Waals surface area contributed by atoms with Gasteiger partial charge in [-0.1, -0.05) is 45.2 Å². The monoisotopic (exact) mass is 402 g/mol. The van der Waals surface area contributed by atoms with Gasteiger partial charge in [0, 0.05) is 15.1 Å². The van der Waals surface area contributed by atoms with Crippen molar-refractivity contribution >= 4 is 68.1 Å². The summed E-state index contributed by atoms with van der Waals surface area (Å²) in [4.78, 5) is 12.0. The normalized spacial score (nSPS) is 10.0. The van der Waals surface area contributed by atoms with E-state index in [1.807, 2.05) is 6.07 Å². The van der Waals surface area contributed by atoms with E-state index in [9.17, 15) is 4.79 Å². The summed E-state index contributed by atoms with van der Waals surface area (Å²) in [5.41, 5.74) is 1.07. The summed E-state index contributed by atoms with van der Waals surface area (Å²) in [5.74, 6) is -0.307. The Hall–Kier alpha value is -1.14. The van der Waals surface area contributed by atoms with Crippen LogP contribution < -0.4 is 10.6 Å². The second-order valence-corrected chi connectivity index (χ2v) is 6.21. The first kappa shape index (κ1) is 16.2. The highest BCUT2D eigenvalue weighted by Crippen LogP contribution is 2.25. The first-order valence-electron chi connectivity index (χ1n) is 5.78. The molecule has 0 aromatic heterocycles. The van der Waals surface area contributed by atoms with E-state index in [1.54, 1.807) is 36.4 Å². The third kappa shape index (κ3) is 4.68. The van der Waals surface area contributed by atoms with E-state index in [4.69, 9.17) is 35.4 Å². The third-order valence-electron chi connectivity index (χ3n) is 2.49. The van der Waals surface area contributed by atoms with Crippen LogP contribution in [0, 0.1) is 0 Å². The molecule has 0 aliphatic heterocycles. The molecular formula is C14H9BrCl2N2OS. The number of rotatable bonds is 2. The van der Waals surface area contributed by atoms with Crippen molar-refractivity contribution < 1.29 is 4.79 Å². The van der Waals surface area contributed by atoms with Gasteiger partial charge in [0.2, 0.25) is 0 Å². The Morgan fingerprint density at radius 3 is 2.57 bits per heavy atom. The van der Waals surface area contributed by atoms with Gasteiger partial charge >= 0.3 is 0 Å². The molecule has 0 heterocycles. The zero-order valence-electron chi connectivity index (χ0n) is 10.5. The van der Waals surface area contributed by atoms with Crippen LogP contribution in [0.1, 0.15) is 10.4 Å². The minimum absolute atomic E-state index is 0.157. The van der Waals surface area contributed by atoms with Crippen LogP contribution in [0.5, 0.6) is 0 Å². The molecule has 0 saturated heterocycles. The molecule has 0 saturated carbocycles. The molecule has 0 spiro atoms. The van der Waals surface area contributed by atoms with Crippen molar-refractivity contribution in [2.24, 2.45) is 0 Å². The molecule has 1 amide bonds. The maximum atomic E-state index is 12.0. The van der Waals surface area contributed by atoms with Crippen LogP contribution in [0.25, 0.3) is 0 Å². The highest BCUT2D eigenvalue weighted by atomic mass is 79.9. The number of halogens is 3. The molecule has 2 N–H and O–H groups in total. The van der Waals surface area contributed by atoms with E-state index in [2.05, 4.69) is 26.6 Å². The number of nitrogens with one attached hydrogen (secondary N) is 2. The van der Waals surface area contributed by atoms with Crippen molar-refractivity contribution in [1.29, 1.82) is 0 Å². The van der Waals surface area contributed by atoms with Crippen LogP contribution in [0.15, 0.2) is 46.9 Å². The molecule has 3 nitrogen and oxygen atoms in total. The van der Waals surface area contributed by atoms with Crippen molar-refractivity contribution in [3.8, 4) is 0 Å². The molecule has 0 radical (unpaired) electrons. The molecule has 0 unspecified atom stereocenters. The Balaban J connectivity index is 2.03. The van der Waals surface area contributed by atoms with Crippen molar-refractivity contribution in [2.45, 2.75) is 0 Å². The van der Waals surface area contributed by atoms with Gasteiger partial charge < -0.3 is 5.32 Å².